The van der Waals surface area contributed by atoms with Crippen molar-refractivity contribution in [2.24, 2.45) is 0 Å². The molecule has 11 aromatic carbocycles. The zero-order valence-electron chi connectivity index (χ0n) is 31.3. The fraction of sp³-hybridized carbons (Fsp3) is 0. The van der Waals surface area contributed by atoms with E-state index in [0.29, 0.717) is 0 Å². The van der Waals surface area contributed by atoms with Gasteiger partial charge >= 0.3 is 0 Å². The van der Waals surface area contributed by atoms with Crippen molar-refractivity contribution >= 4 is 107 Å². The third kappa shape index (κ3) is 4.64. The Bertz CT molecular complexity index is 3800. The molecule has 0 aliphatic heterocycles. The first-order valence-electron chi connectivity index (χ1n) is 19.9. The van der Waals surface area contributed by atoms with E-state index in [1.807, 2.05) is 11.3 Å². The number of hydrogen-bond acceptors (Lipinski definition) is 2. The predicted octanol–water partition coefficient (Wildman–Crippen LogP) is 16.7. The van der Waals surface area contributed by atoms with Gasteiger partial charge in [0, 0.05) is 30.9 Å². The van der Waals surface area contributed by atoms with Gasteiger partial charge in [0.25, 0.3) is 0 Å². The molecule has 13 aromatic rings. The molecule has 0 fully saturated rings. The lowest BCUT2D eigenvalue weighted by Gasteiger charge is -2.19. The van der Waals surface area contributed by atoms with Crippen LogP contribution in [-0.2, 0) is 0 Å². The van der Waals surface area contributed by atoms with Crippen LogP contribution in [0.25, 0.3) is 129 Å². The Morgan fingerprint density at radius 1 is 0.293 bits per heavy atom. The van der Waals surface area contributed by atoms with Gasteiger partial charge in [-0.2, -0.15) is 0 Å². The number of hydrogen-bond donors (Lipinski definition) is 0. The van der Waals surface area contributed by atoms with Gasteiger partial charge in [-0.25, -0.2) is 0 Å². The van der Waals surface area contributed by atoms with E-state index in [4.69, 9.17) is 4.42 Å². The van der Waals surface area contributed by atoms with Crippen LogP contribution in [0.1, 0.15) is 0 Å². The van der Waals surface area contributed by atoms with Gasteiger partial charge in [-0.1, -0.05) is 152 Å². The number of benzene rings is 11. The molecule has 2 heterocycles. The van der Waals surface area contributed by atoms with Gasteiger partial charge in [-0.3, -0.25) is 0 Å². The number of thiophene rings is 1. The van der Waals surface area contributed by atoms with Crippen LogP contribution in [0.3, 0.4) is 0 Å². The molecule has 2 heteroatoms. The molecule has 0 aliphatic rings. The van der Waals surface area contributed by atoms with E-state index in [0.717, 1.165) is 22.1 Å². The van der Waals surface area contributed by atoms with Crippen LogP contribution in [0.2, 0.25) is 0 Å². The minimum absolute atomic E-state index is 0.917. The van der Waals surface area contributed by atoms with Gasteiger partial charge in [0.1, 0.15) is 11.2 Å². The molecule has 0 radical (unpaired) electrons. The fourth-order valence-electron chi connectivity index (χ4n) is 9.75. The third-order valence-corrected chi connectivity index (χ3v) is 13.5. The van der Waals surface area contributed by atoms with Crippen molar-refractivity contribution in [1.29, 1.82) is 0 Å². The number of rotatable bonds is 3. The van der Waals surface area contributed by atoms with E-state index in [1.165, 1.54) is 107 Å². The average Bonchev–Trinajstić information content (AvgIpc) is 3.83. The summed E-state index contributed by atoms with van der Waals surface area (Å²) in [6.07, 6.45) is 0. The SMILES string of the molecule is c1ccc2c(-c3c4ccccc4c(-c4ccc5cc(-c6ccc7c(c6)oc6cc8c(cc67)sc6ccc7ccccc7c68)ccc5c4)c4ccccc34)cccc2c1. The summed E-state index contributed by atoms with van der Waals surface area (Å²) >= 11 is 1.86. The fourth-order valence-corrected chi connectivity index (χ4v) is 10.9. The highest BCUT2D eigenvalue weighted by Gasteiger charge is 2.19. The minimum Gasteiger partial charge on any atom is -0.456 e. The molecule has 58 heavy (non-hydrogen) atoms. The van der Waals surface area contributed by atoms with Crippen LogP contribution in [0.5, 0.6) is 0 Å². The summed E-state index contributed by atoms with van der Waals surface area (Å²) in [7, 11) is 0. The predicted molar refractivity (Wildman–Crippen MR) is 250 cm³/mol. The molecule has 0 amide bonds. The Morgan fingerprint density at radius 2 is 0.845 bits per heavy atom. The third-order valence-electron chi connectivity index (χ3n) is 12.4. The minimum atomic E-state index is 0.917. The second kappa shape index (κ2) is 12.1. The Morgan fingerprint density at radius 3 is 1.60 bits per heavy atom. The van der Waals surface area contributed by atoms with Crippen LogP contribution in [0.4, 0.5) is 0 Å². The normalized spacial score (nSPS) is 12.1. The Kier molecular flexibility index (Phi) is 6.66. The van der Waals surface area contributed by atoms with Gasteiger partial charge in [0.2, 0.25) is 0 Å². The molecular weight excluding hydrogens is 721 g/mol. The molecular formula is C56H32OS. The van der Waals surface area contributed by atoms with Gasteiger partial charge < -0.3 is 4.42 Å². The molecule has 268 valence electrons. The molecule has 1 nitrogen and oxygen atoms in total. The molecule has 13 rings (SSSR count). The quantitative estimate of drug-likeness (QED) is 0.164. The summed E-state index contributed by atoms with van der Waals surface area (Å²) in [5, 5.41) is 17.5. The van der Waals surface area contributed by atoms with Gasteiger partial charge in [-0.05, 0) is 130 Å². The second-order valence-electron chi connectivity index (χ2n) is 15.6. The Hall–Kier alpha value is -7.26. The monoisotopic (exact) mass is 752 g/mol. The van der Waals surface area contributed by atoms with Crippen molar-refractivity contribution in [2.75, 3.05) is 0 Å². The van der Waals surface area contributed by atoms with Crippen LogP contribution in [0, 0.1) is 0 Å². The Labute approximate surface area is 337 Å². The molecule has 0 unspecified atom stereocenters. The van der Waals surface area contributed by atoms with Crippen molar-refractivity contribution in [3.8, 4) is 33.4 Å². The summed E-state index contributed by atoms with van der Waals surface area (Å²) in [6, 6.07) is 71.5. The van der Waals surface area contributed by atoms with Crippen LogP contribution in [-0.4, -0.2) is 0 Å². The molecule has 0 bridgehead atoms. The van der Waals surface area contributed by atoms with Gasteiger partial charge in [0.15, 0.2) is 0 Å². The zero-order valence-corrected chi connectivity index (χ0v) is 32.1. The maximum atomic E-state index is 6.64. The van der Waals surface area contributed by atoms with Gasteiger partial charge in [0.05, 0.1) is 0 Å². The zero-order chi connectivity index (χ0) is 37.9. The van der Waals surface area contributed by atoms with Crippen molar-refractivity contribution in [3.63, 3.8) is 0 Å². The highest BCUT2D eigenvalue weighted by Crippen LogP contribution is 2.46. The first-order valence-corrected chi connectivity index (χ1v) is 20.7. The van der Waals surface area contributed by atoms with E-state index in [1.54, 1.807) is 0 Å². The summed E-state index contributed by atoms with van der Waals surface area (Å²) in [5.74, 6) is 0. The van der Waals surface area contributed by atoms with Crippen molar-refractivity contribution in [1.82, 2.24) is 0 Å². The van der Waals surface area contributed by atoms with Crippen molar-refractivity contribution in [2.45, 2.75) is 0 Å². The van der Waals surface area contributed by atoms with Crippen molar-refractivity contribution < 1.29 is 4.42 Å². The van der Waals surface area contributed by atoms with Crippen molar-refractivity contribution in [3.05, 3.63) is 194 Å². The highest BCUT2D eigenvalue weighted by atomic mass is 32.1. The topological polar surface area (TPSA) is 13.1 Å². The summed E-state index contributed by atoms with van der Waals surface area (Å²) in [4.78, 5) is 0. The van der Waals surface area contributed by atoms with E-state index in [9.17, 15) is 0 Å². The highest BCUT2D eigenvalue weighted by molar-refractivity contribution is 7.26. The maximum absolute atomic E-state index is 6.64. The largest absolute Gasteiger partial charge is 0.456 e. The summed E-state index contributed by atoms with van der Waals surface area (Å²) in [6.45, 7) is 0. The van der Waals surface area contributed by atoms with E-state index >= 15 is 0 Å². The maximum Gasteiger partial charge on any atom is 0.136 e. The van der Waals surface area contributed by atoms with Crippen LogP contribution in [0.15, 0.2) is 199 Å². The van der Waals surface area contributed by atoms with Crippen LogP contribution < -0.4 is 0 Å². The first-order chi connectivity index (χ1) is 28.7. The second-order valence-corrected chi connectivity index (χ2v) is 16.6. The Balaban J connectivity index is 0.924. The molecule has 0 spiro atoms. The van der Waals surface area contributed by atoms with E-state index < -0.39 is 0 Å². The first kappa shape index (κ1) is 31.9. The molecule has 0 saturated carbocycles. The smallest absolute Gasteiger partial charge is 0.136 e. The van der Waals surface area contributed by atoms with E-state index in [-0.39, 0.29) is 0 Å². The lowest BCUT2D eigenvalue weighted by atomic mass is 9.84. The molecule has 0 atom stereocenters. The molecule has 2 aromatic heterocycles. The molecule has 0 aliphatic carbocycles. The standard InChI is InChI=1S/C56H32OS/c1-3-13-40-33(10-1)12-9-19-43(40)55-46-17-7-5-15-44(46)54(45-16-6-8-18-47(45)55)39-23-22-35-28-36(20-21-37(35)29-39)38-24-26-42-48-32-53-49(31-51(48)57-50(42)30-38)56-41-14-4-2-11-34(41)25-27-52(56)58-53/h1-32H. The number of fused-ring (bicyclic) bond motifs is 12. The van der Waals surface area contributed by atoms with E-state index in [2.05, 4.69) is 194 Å². The lowest BCUT2D eigenvalue weighted by Crippen LogP contribution is -1.91. The van der Waals surface area contributed by atoms with Crippen LogP contribution >= 0.6 is 11.3 Å². The summed E-state index contributed by atoms with van der Waals surface area (Å²) in [5.41, 5.74) is 9.24. The molecule has 0 saturated heterocycles. The van der Waals surface area contributed by atoms with Gasteiger partial charge in [-0.15, -0.1) is 11.3 Å². The lowest BCUT2D eigenvalue weighted by molar-refractivity contribution is 0.669. The summed E-state index contributed by atoms with van der Waals surface area (Å²) < 4.78 is 9.24. The molecule has 0 N–H and O–H groups in total. The average molecular weight is 753 g/mol. The number of furan rings is 1.